The summed E-state index contributed by atoms with van der Waals surface area (Å²) in [4.78, 5) is 25.4. The minimum absolute atomic E-state index is 0.0763. The van der Waals surface area contributed by atoms with Crippen LogP contribution in [-0.4, -0.2) is 48.2 Å². The van der Waals surface area contributed by atoms with E-state index in [4.69, 9.17) is 14.3 Å². The van der Waals surface area contributed by atoms with Crippen molar-refractivity contribution in [3.05, 3.63) is 48.0 Å². The number of halogens is 1. The molecule has 1 N–H and O–H groups in total. The van der Waals surface area contributed by atoms with Crippen molar-refractivity contribution in [2.75, 3.05) is 26.3 Å². The first-order valence-corrected chi connectivity index (χ1v) is 8.88. The van der Waals surface area contributed by atoms with E-state index in [2.05, 4.69) is 0 Å². The van der Waals surface area contributed by atoms with Gasteiger partial charge in [0.1, 0.15) is 11.6 Å². The Hall–Kier alpha value is -2.67. The Kier molecular flexibility index (Phi) is 7.55. The third kappa shape index (κ3) is 5.92. The van der Waals surface area contributed by atoms with Crippen LogP contribution >= 0.6 is 0 Å². The predicted molar refractivity (Wildman–Crippen MR) is 97.9 cm³/mol. The number of carbonyl (C=O) groups is 2. The maximum atomic E-state index is 13.1. The largest absolute Gasteiger partial charge is 0.481 e. The zero-order valence-corrected chi connectivity index (χ0v) is 15.5. The molecule has 1 atom stereocenters. The van der Waals surface area contributed by atoms with Crippen molar-refractivity contribution in [2.24, 2.45) is 5.92 Å². The number of amides is 1. The van der Waals surface area contributed by atoms with Crippen LogP contribution in [0.1, 0.15) is 30.8 Å². The number of nitrogens with zero attached hydrogens (tertiary/aromatic N) is 1. The van der Waals surface area contributed by atoms with E-state index < -0.39 is 11.9 Å². The van der Waals surface area contributed by atoms with Crippen molar-refractivity contribution in [1.29, 1.82) is 0 Å². The number of ether oxygens (including phenoxy) is 1. The maximum absolute atomic E-state index is 13.1. The number of carboxylic acids is 1. The highest BCUT2D eigenvalue weighted by atomic mass is 19.1. The summed E-state index contributed by atoms with van der Waals surface area (Å²) >= 11 is 0. The van der Waals surface area contributed by atoms with Gasteiger partial charge in [0, 0.05) is 31.9 Å². The Morgan fingerprint density at radius 2 is 1.93 bits per heavy atom. The molecule has 2 rings (SSSR count). The number of hydrogen-bond acceptors (Lipinski definition) is 4. The molecule has 0 aliphatic rings. The Balaban J connectivity index is 2.13. The van der Waals surface area contributed by atoms with Gasteiger partial charge in [-0.15, -0.1) is 0 Å². The summed E-state index contributed by atoms with van der Waals surface area (Å²) in [5, 5.41) is 9.15. The molecule has 0 spiro atoms. The Labute approximate surface area is 157 Å². The zero-order chi connectivity index (χ0) is 19.8. The lowest BCUT2D eigenvalue weighted by molar-refractivity contribution is -0.141. The molecule has 1 amide bonds. The summed E-state index contributed by atoms with van der Waals surface area (Å²) in [5.41, 5.74) is 0.650. The number of carbonyl (C=O) groups excluding carboxylic acids is 1. The number of carboxylic acid groups (broad SMARTS) is 1. The molecule has 2 aromatic rings. The molecule has 0 saturated carbocycles. The molecule has 7 heteroatoms. The molecule has 0 radical (unpaired) electrons. The summed E-state index contributed by atoms with van der Waals surface area (Å²) in [7, 11) is 0. The third-order valence-electron chi connectivity index (χ3n) is 4.07. The van der Waals surface area contributed by atoms with E-state index in [1.54, 1.807) is 31.2 Å². The van der Waals surface area contributed by atoms with E-state index in [1.807, 2.05) is 6.92 Å². The molecule has 146 valence electrons. The van der Waals surface area contributed by atoms with E-state index in [0.717, 1.165) is 0 Å². The fraction of sp³-hybridized carbons (Fsp3) is 0.400. The van der Waals surface area contributed by atoms with E-state index in [0.29, 0.717) is 37.5 Å². The first kappa shape index (κ1) is 20.6. The van der Waals surface area contributed by atoms with E-state index >= 15 is 0 Å². The van der Waals surface area contributed by atoms with Crippen molar-refractivity contribution < 1.29 is 28.2 Å². The van der Waals surface area contributed by atoms with Gasteiger partial charge >= 0.3 is 5.97 Å². The standard InChI is InChI=1S/C20H24FNO5/c1-3-26-12-4-11-22(13-14(2)20(24)25)19(23)18-10-9-17(27-18)15-5-7-16(21)8-6-15/h5-10,14H,3-4,11-13H2,1-2H3,(H,24,25). The molecular formula is C20H24FNO5. The van der Waals surface area contributed by atoms with Gasteiger partial charge < -0.3 is 19.2 Å². The van der Waals surface area contributed by atoms with Crippen molar-refractivity contribution in [3.8, 4) is 11.3 Å². The molecule has 1 heterocycles. The van der Waals surface area contributed by atoms with Gasteiger partial charge in [-0.05, 0) is 49.7 Å². The average molecular weight is 377 g/mol. The molecule has 1 unspecified atom stereocenters. The van der Waals surface area contributed by atoms with Gasteiger partial charge in [-0.3, -0.25) is 9.59 Å². The fourth-order valence-electron chi connectivity index (χ4n) is 2.56. The monoisotopic (exact) mass is 377 g/mol. The third-order valence-corrected chi connectivity index (χ3v) is 4.07. The smallest absolute Gasteiger partial charge is 0.308 e. The van der Waals surface area contributed by atoms with Crippen molar-refractivity contribution in [2.45, 2.75) is 20.3 Å². The van der Waals surface area contributed by atoms with Gasteiger partial charge in [0.05, 0.1) is 5.92 Å². The van der Waals surface area contributed by atoms with Crippen molar-refractivity contribution in [3.63, 3.8) is 0 Å². The van der Waals surface area contributed by atoms with Gasteiger partial charge in [-0.2, -0.15) is 0 Å². The topological polar surface area (TPSA) is 80.0 Å². The molecule has 6 nitrogen and oxygen atoms in total. The lowest BCUT2D eigenvalue weighted by Crippen LogP contribution is -2.37. The summed E-state index contributed by atoms with van der Waals surface area (Å²) in [6.45, 7) is 4.95. The van der Waals surface area contributed by atoms with Crippen molar-refractivity contribution >= 4 is 11.9 Å². The zero-order valence-electron chi connectivity index (χ0n) is 15.5. The second kappa shape index (κ2) is 9.87. The molecule has 1 aromatic carbocycles. The minimum atomic E-state index is -0.968. The SMILES string of the molecule is CCOCCCN(CC(C)C(=O)O)C(=O)c1ccc(-c2ccc(F)cc2)o1. The van der Waals surface area contributed by atoms with Gasteiger partial charge in [0.2, 0.25) is 0 Å². The molecule has 0 fully saturated rings. The van der Waals surface area contributed by atoms with E-state index in [-0.39, 0.29) is 24.0 Å². The van der Waals surface area contributed by atoms with Gasteiger partial charge in [0.25, 0.3) is 5.91 Å². The van der Waals surface area contributed by atoms with E-state index in [1.165, 1.54) is 17.0 Å². The van der Waals surface area contributed by atoms with Crippen LogP contribution in [0, 0.1) is 11.7 Å². The molecule has 27 heavy (non-hydrogen) atoms. The lowest BCUT2D eigenvalue weighted by atomic mass is 10.1. The van der Waals surface area contributed by atoms with Crippen LogP contribution in [-0.2, 0) is 9.53 Å². The highest BCUT2D eigenvalue weighted by molar-refractivity contribution is 5.92. The van der Waals surface area contributed by atoms with Crippen LogP contribution in [0.2, 0.25) is 0 Å². The quantitative estimate of drug-likeness (QED) is 0.639. The molecule has 1 aromatic heterocycles. The lowest BCUT2D eigenvalue weighted by Gasteiger charge is -2.23. The van der Waals surface area contributed by atoms with Crippen LogP contribution in [0.5, 0.6) is 0 Å². The number of benzene rings is 1. The van der Waals surface area contributed by atoms with Crippen LogP contribution < -0.4 is 0 Å². The highest BCUT2D eigenvalue weighted by Crippen LogP contribution is 2.23. The molecule has 0 aliphatic heterocycles. The summed E-state index contributed by atoms with van der Waals surface area (Å²) in [6.07, 6.45) is 0.595. The maximum Gasteiger partial charge on any atom is 0.308 e. The summed E-state index contributed by atoms with van der Waals surface area (Å²) in [5.74, 6) is -1.85. The fourth-order valence-corrected chi connectivity index (χ4v) is 2.56. The average Bonchev–Trinajstić information content (AvgIpc) is 3.14. The van der Waals surface area contributed by atoms with Gasteiger partial charge in [-0.25, -0.2) is 4.39 Å². The number of hydrogen-bond donors (Lipinski definition) is 1. The Bertz CT molecular complexity index is 756. The molecule has 0 bridgehead atoms. The summed E-state index contributed by atoms with van der Waals surface area (Å²) in [6, 6.07) is 8.94. The molecular weight excluding hydrogens is 353 g/mol. The van der Waals surface area contributed by atoms with Gasteiger partial charge in [-0.1, -0.05) is 6.92 Å². The molecule has 0 aliphatic carbocycles. The number of aliphatic carboxylic acids is 1. The number of furan rings is 1. The van der Waals surface area contributed by atoms with Gasteiger partial charge in [0.15, 0.2) is 5.76 Å². The number of rotatable bonds is 10. The van der Waals surface area contributed by atoms with Crippen LogP contribution in [0.25, 0.3) is 11.3 Å². The predicted octanol–water partition coefficient (Wildman–Crippen LogP) is 3.68. The first-order chi connectivity index (χ1) is 12.9. The van der Waals surface area contributed by atoms with E-state index in [9.17, 15) is 14.0 Å². The Morgan fingerprint density at radius 3 is 2.56 bits per heavy atom. The second-order valence-corrected chi connectivity index (χ2v) is 6.21. The van der Waals surface area contributed by atoms with Crippen molar-refractivity contribution in [1.82, 2.24) is 4.90 Å². The van der Waals surface area contributed by atoms with Crippen LogP contribution in [0.3, 0.4) is 0 Å². The minimum Gasteiger partial charge on any atom is -0.481 e. The highest BCUT2D eigenvalue weighted by Gasteiger charge is 2.24. The van der Waals surface area contributed by atoms with Crippen LogP contribution in [0.4, 0.5) is 4.39 Å². The molecule has 0 saturated heterocycles. The second-order valence-electron chi connectivity index (χ2n) is 6.21. The summed E-state index contributed by atoms with van der Waals surface area (Å²) < 4.78 is 24.0. The Morgan fingerprint density at radius 1 is 1.22 bits per heavy atom. The van der Waals surface area contributed by atoms with Crippen LogP contribution in [0.15, 0.2) is 40.8 Å². The normalized spacial score (nSPS) is 12.0. The first-order valence-electron chi connectivity index (χ1n) is 8.88.